The zero-order chi connectivity index (χ0) is 18.2. The lowest BCUT2D eigenvalue weighted by Crippen LogP contribution is -2.42. The Kier molecular flexibility index (Phi) is 4.52. The lowest BCUT2D eigenvalue weighted by atomic mass is 10.0. The molecule has 1 atom stereocenters. The summed E-state index contributed by atoms with van der Waals surface area (Å²) in [6, 6.07) is 2.10. The van der Waals surface area contributed by atoms with Gasteiger partial charge in [-0.05, 0) is 12.8 Å². The van der Waals surface area contributed by atoms with Gasteiger partial charge in [-0.2, -0.15) is 4.31 Å². The van der Waals surface area contributed by atoms with Gasteiger partial charge in [0.2, 0.25) is 10.0 Å². The highest BCUT2D eigenvalue weighted by Crippen LogP contribution is 2.40. The van der Waals surface area contributed by atoms with Crippen molar-refractivity contribution in [2.45, 2.75) is 17.7 Å². The summed E-state index contributed by atoms with van der Waals surface area (Å²) in [5.74, 6) is -1.70. The number of carboxylic acid groups (broad SMARTS) is 1. The van der Waals surface area contributed by atoms with Crippen molar-refractivity contribution >= 4 is 21.7 Å². The predicted octanol–water partition coefficient (Wildman–Crippen LogP) is 0.851. The van der Waals surface area contributed by atoms with Crippen molar-refractivity contribution in [2.24, 2.45) is 5.92 Å². The topological polar surface area (TPSA) is 136 Å². The molecule has 1 aromatic carbocycles. The van der Waals surface area contributed by atoms with Crippen LogP contribution in [-0.4, -0.2) is 55.0 Å². The molecule has 11 heteroatoms. The lowest BCUT2D eigenvalue weighted by Gasteiger charge is -2.30. The van der Waals surface area contributed by atoms with Gasteiger partial charge in [0, 0.05) is 19.2 Å². The molecule has 3 rings (SSSR count). The van der Waals surface area contributed by atoms with Gasteiger partial charge in [-0.1, -0.05) is 0 Å². The molecule has 1 fully saturated rings. The Bertz CT molecular complexity index is 822. The normalized spacial score (nSPS) is 20.9. The van der Waals surface area contributed by atoms with Crippen molar-refractivity contribution in [2.75, 3.05) is 26.3 Å². The third-order valence-electron chi connectivity index (χ3n) is 4.17. The van der Waals surface area contributed by atoms with Crippen molar-refractivity contribution in [3.8, 4) is 11.5 Å². The summed E-state index contributed by atoms with van der Waals surface area (Å²) in [5, 5.41) is 20.5. The van der Waals surface area contributed by atoms with Gasteiger partial charge in [0.25, 0.3) is 5.69 Å². The molecular weight excluding hydrogens is 356 g/mol. The molecule has 1 N–H and O–H groups in total. The fourth-order valence-electron chi connectivity index (χ4n) is 2.91. The number of carboxylic acids is 1. The van der Waals surface area contributed by atoms with Crippen LogP contribution in [0.4, 0.5) is 5.69 Å². The molecule has 2 heterocycles. The summed E-state index contributed by atoms with van der Waals surface area (Å²) in [7, 11) is -4.24. The van der Waals surface area contributed by atoms with Gasteiger partial charge in [-0.25, -0.2) is 8.42 Å². The summed E-state index contributed by atoms with van der Waals surface area (Å²) in [4.78, 5) is 21.2. The van der Waals surface area contributed by atoms with Gasteiger partial charge < -0.3 is 14.6 Å². The zero-order valence-electron chi connectivity index (χ0n) is 13.1. The number of benzene rings is 1. The minimum Gasteiger partial charge on any atom is -0.486 e. The summed E-state index contributed by atoms with van der Waals surface area (Å²) >= 11 is 0. The van der Waals surface area contributed by atoms with E-state index in [0.29, 0.717) is 12.8 Å². The van der Waals surface area contributed by atoms with Gasteiger partial charge in [-0.3, -0.25) is 14.9 Å². The van der Waals surface area contributed by atoms with E-state index >= 15 is 0 Å². The number of hydrogen-bond donors (Lipinski definition) is 1. The molecule has 1 unspecified atom stereocenters. The van der Waals surface area contributed by atoms with Crippen molar-refractivity contribution in [1.82, 2.24) is 4.31 Å². The number of nitro benzene ring substituents is 1. The first kappa shape index (κ1) is 17.4. The van der Waals surface area contributed by atoms with Crippen LogP contribution in [0.15, 0.2) is 17.0 Å². The molecule has 0 bridgehead atoms. The largest absolute Gasteiger partial charge is 0.486 e. The Morgan fingerprint density at radius 1 is 1.28 bits per heavy atom. The van der Waals surface area contributed by atoms with Gasteiger partial charge >= 0.3 is 5.97 Å². The average molecular weight is 372 g/mol. The minimum absolute atomic E-state index is 0.109. The SMILES string of the molecule is O=C(O)C1CCCN(S(=O)(=O)c2cc3c(cc2[N+](=O)[O-])OCCO3)C1. The van der Waals surface area contributed by atoms with E-state index in [-0.39, 0.29) is 37.8 Å². The van der Waals surface area contributed by atoms with E-state index < -0.39 is 37.4 Å². The van der Waals surface area contributed by atoms with Gasteiger partial charge in [0.15, 0.2) is 16.4 Å². The molecule has 25 heavy (non-hydrogen) atoms. The highest BCUT2D eigenvalue weighted by atomic mass is 32.2. The quantitative estimate of drug-likeness (QED) is 0.607. The molecule has 2 aliphatic heterocycles. The van der Waals surface area contributed by atoms with Crippen LogP contribution < -0.4 is 9.47 Å². The zero-order valence-corrected chi connectivity index (χ0v) is 13.9. The number of sulfonamides is 1. The Morgan fingerprint density at radius 3 is 2.52 bits per heavy atom. The van der Waals surface area contributed by atoms with E-state index in [0.717, 1.165) is 16.4 Å². The number of rotatable bonds is 4. The smallest absolute Gasteiger partial charge is 0.307 e. The highest BCUT2D eigenvalue weighted by molar-refractivity contribution is 7.89. The first-order valence-corrected chi connectivity index (χ1v) is 9.05. The van der Waals surface area contributed by atoms with E-state index in [1.54, 1.807) is 0 Å². The second-order valence-corrected chi connectivity index (χ2v) is 7.67. The summed E-state index contributed by atoms with van der Waals surface area (Å²) in [5.41, 5.74) is -0.623. The number of nitrogens with zero attached hydrogens (tertiary/aromatic N) is 2. The number of ether oxygens (including phenoxy) is 2. The number of fused-ring (bicyclic) bond motifs is 1. The molecule has 136 valence electrons. The number of hydrogen-bond acceptors (Lipinski definition) is 7. The van der Waals surface area contributed by atoms with Crippen LogP contribution in [0.1, 0.15) is 12.8 Å². The molecular formula is C14H16N2O8S. The van der Waals surface area contributed by atoms with E-state index in [9.17, 15) is 23.3 Å². The third kappa shape index (κ3) is 3.24. The molecule has 1 aromatic rings. The van der Waals surface area contributed by atoms with Crippen LogP contribution in [-0.2, 0) is 14.8 Å². The minimum atomic E-state index is -4.24. The Labute approximate surface area is 143 Å². The van der Waals surface area contributed by atoms with Crippen LogP contribution in [0.25, 0.3) is 0 Å². The lowest BCUT2D eigenvalue weighted by molar-refractivity contribution is -0.388. The maximum absolute atomic E-state index is 12.9. The van der Waals surface area contributed by atoms with Crippen LogP contribution >= 0.6 is 0 Å². The first-order chi connectivity index (χ1) is 11.8. The van der Waals surface area contributed by atoms with Gasteiger partial charge in [0.1, 0.15) is 13.2 Å². The maximum atomic E-state index is 12.9. The van der Waals surface area contributed by atoms with E-state index in [4.69, 9.17) is 14.6 Å². The molecule has 0 saturated carbocycles. The van der Waals surface area contributed by atoms with E-state index in [1.807, 2.05) is 0 Å². The molecule has 0 spiro atoms. The van der Waals surface area contributed by atoms with Gasteiger partial charge in [-0.15, -0.1) is 0 Å². The predicted molar refractivity (Wildman–Crippen MR) is 83.2 cm³/mol. The number of carbonyl (C=O) groups is 1. The maximum Gasteiger partial charge on any atom is 0.307 e. The van der Waals surface area contributed by atoms with Crippen molar-refractivity contribution in [3.05, 3.63) is 22.2 Å². The Balaban J connectivity index is 2.04. The standard InChI is InChI=1S/C14H16N2O8S/c17-14(18)9-2-1-3-15(8-9)25(21,22)13-7-12-11(23-4-5-24-12)6-10(13)16(19)20/h6-7,9H,1-5,8H2,(H,17,18). The fraction of sp³-hybridized carbons (Fsp3) is 0.500. The molecule has 0 radical (unpaired) electrons. The van der Waals surface area contributed by atoms with Gasteiger partial charge in [0.05, 0.1) is 16.9 Å². The van der Waals surface area contributed by atoms with E-state index in [2.05, 4.69) is 0 Å². The van der Waals surface area contributed by atoms with Crippen LogP contribution in [0, 0.1) is 16.0 Å². The third-order valence-corrected chi connectivity index (χ3v) is 6.07. The second kappa shape index (κ2) is 6.48. The second-order valence-electron chi connectivity index (χ2n) is 5.76. The molecule has 0 amide bonds. The highest BCUT2D eigenvalue weighted by Gasteiger charge is 2.38. The number of nitro groups is 1. The average Bonchev–Trinajstić information content (AvgIpc) is 2.60. The van der Waals surface area contributed by atoms with Crippen molar-refractivity contribution in [3.63, 3.8) is 0 Å². The summed E-state index contributed by atoms with van der Waals surface area (Å²) < 4.78 is 37.4. The Morgan fingerprint density at radius 2 is 1.92 bits per heavy atom. The van der Waals surface area contributed by atoms with Crippen molar-refractivity contribution < 1.29 is 32.7 Å². The fourth-order valence-corrected chi connectivity index (χ4v) is 4.59. The first-order valence-electron chi connectivity index (χ1n) is 7.61. The summed E-state index contributed by atoms with van der Waals surface area (Å²) in [6.45, 7) is 0.304. The molecule has 1 saturated heterocycles. The molecule has 10 nitrogen and oxygen atoms in total. The monoisotopic (exact) mass is 372 g/mol. The molecule has 0 aromatic heterocycles. The van der Waals surface area contributed by atoms with Crippen LogP contribution in [0.3, 0.4) is 0 Å². The Hall–Kier alpha value is -2.40. The van der Waals surface area contributed by atoms with E-state index in [1.165, 1.54) is 0 Å². The van der Waals surface area contributed by atoms with Crippen LogP contribution in [0.5, 0.6) is 11.5 Å². The number of aliphatic carboxylic acids is 1. The van der Waals surface area contributed by atoms with Crippen LogP contribution in [0.2, 0.25) is 0 Å². The molecule has 2 aliphatic rings. The van der Waals surface area contributed by atoms with Crippen molar-refractivity contribution in [1.29, 1.82) is 0 Å². The number of piperidine rings is 1. The summed E-state index contributed by atoms with van der Waals surface area (Å²) in [6.07, 6.45) is 0.735. The molecule has 0 aliphatic carbocycles.